The van der Waals surface area contributed by atoms with Gasteiger partial charge in [0.15, 0.2) is 5.58 Å². The molecular weight excluding hydrogens is 333 g/mol. The van der Waals surface area contributed by atoms with E-state index < -0.39 is 22.8 Å². The van der Waals surface area contributed by atoms with Crippen molar-refractivity contribution in [1.29, 1.82) is 0 Å². The first-order chi connectivity index (χ1) is 11.9. The molecule has 0 saturated heterocycles. The van der Waals surface area contributed by atoms with Crippen LogP contribution in [0.4, 0.5) is 13.2 Å². The van der Waals surface area contributed by atoms with E-state index in [9.17, 15) is 18.0 Å². The number of halogens is 3. The largest absolute Gasteiger partial charge is 0.497 e. The molecule has 25 heavy (non-hydrogen) atoms. The van der Waals surface area contributed by atoms with E-state index in [0.717, 1.165) is 11.5 Å². The molecule has 4 rings (SSSR count). The number of hydrogen-bond acceptors (Lipinski definition) is 3. The second kappa shape index (κ2) is 5.24. The molecule has 1 aromatic heterocycles. The smallest absolute Gasteiger partial charge is 0.420 e. The number of fused-ring (bicyclic) bond motifs is 4. The first kappa shape index (κ1) is 15.5. The van der Waals surface area contributed by atoms with Gasteiger partial charge in [-0.25, -0.2) is 0 Å². The van der Waals surface area contributed by atoms with Gasteiger partial charge in [0.25, 0.3) is 0 Å². The van der Waals surface area contributed by atoms with Gasteiger partial charge in [-0.15, -0.1) is 0 Å². The van der Waals surface area contributed by atoms with Crippen LogP contribution < -0.4 is 10.2 Å². The third kappa shape index (κ3) is 2.33. The van der Waals surface area contributed by atoms with Crippen LogP contribution in [0.5, 0.6) is 5.75 Å². The molecular formula is C19H11F3O3. The van der Waals surface area contributed by atoms with Gasteiger partial charge in [-0.3, -0.25) is 4.79 Å². The van der Waals surface area contributed by atoms with Crippen LogP contribution in [0.1, 0.15) is 5.56 Å². The maximum absolute atomic E-state index is 13.2. The van der Waals surface area contributed by atoms with E-state index in [1.54, 1.807) is 24.3 Å². The van der Waals surface area contributed by atoms with Crippen LogP contribution in [-0.2, 0) is 6.18 Å². The summed E-state index contributed by atoms with van der Waals surface area (Å²) < 4.78 is 50.4. The average Bonchev–Trinajstić information content (AvgIpc) is 2.59. The molecule has 4 aromatic rings. The molecule has 0 fully saturated rings. The molecule has 0 spiro atoms. The van der Waals surface area contributed by atoms with Gasteiger partial charge < -0.3 is 9.15 Å². The highest BCUT2D eigenvalue weighted by Crippen LogP contribution is 2.36. The molecule has 1 heterocycles. The lowest BCUT2D eigenvalue weighted by Crippen LogP contribution is -2.09. The number of hydrogen-bond donors (Lipinski definition) is 0. The van der Waals surface area contributed by atoms with E-state index in [-0.39, 0.29) is 16.4 Å². The van der Waals surface area contributed by atoms with Crippen LogP contribution in [0.3, 0.4) is 0 Å². The third-order valence-corrected chi connectivity index (χ3v) is 4.19. The van der Waals surface area contributed by atoms with E-state index >= 15 is 0 Å². The molecule has 0 amide bonds. The highest BCUT2D eigenvalue weighted by Gasteiger charge is 2.34. The number of methoxy groups -OCH3 is 1. The minimum Gasteiger partial charge on any atom is -0.497 e. The number of rotatable bonds is 1. The van der Waals surface area contributed by atoms with E-state index in [0.29, 0.717) is 11.1 Å². The summed E-state index contributed by atoms with van der Waals surface area (Å²) in [4.78, 5) is 12.9. The van der Waals surface area contributed by atoms with Gasteiger partial charge in [-0.2, -0.15) is 13.2 Å². The van der Waals surface area contributed by atoms with Crippen molar-refractivity contribution in [3.8, 4) is 5.75 Å². The molecule has 3 nitrogen and oxygen atoms in total. The number of benzene rings is 3. The van der Waals surface area contributed by atoms with Crippen LogP contribution in [0.15, 0.2) is 57.7 Å². The maximum Gasteiger partial charge on any atom is 0.420 e. The zero-order valence-corrected chi connectivity index (χ0v) is 13.0. The molecule has 0 aliphatic carbocycles. The van der Waals surface area contributed by atoms with Crippen molar-refractivity contribution in [3.05, 3.63) is 64.3 Å². The second-order valence-electron chi connectivity index (χ2n) is 5.64. The van der Waals surface area contributed by atoms with Crippen molar-refractivity contribution < 1.29 is 22.3 Å². The van der Waals surface area contributed by atoms with E-state index in [1.165, 1.54) is 25.3 Å². The molecule has 0 unspecified atom stereocenters. The van der Waals surface area contributed by atoms with E-state index in [1.807, 2.05) is 0 Å². The van der Waals surface area contributed by atoms with Crippen LogP contribution in [0.2, 0.25) is 0 Å². The molecule has 126 valence electrons. The fourth-order valence-electron chi connectivity index (χ4n) is 3.02. The van der Waals surface area contributed by atoms with Crippen molar-refractivity contribution in [2.24, 2.45) is 0 Å². The summed E-state index contributed by atoms with van der Waals surface area (Å²) in [7, 11) is 1.50. The normalized spacial score (nSPS) is 12.2. The zero-order valence-electron chi connectivity index (χ0n) is 13.0. The summed E-state index contributed by atoms with van der Waals surface area (Å²) in [6.07, 6.45) is -4.61. The van der Waals surface area contributed by atoms with Crippen molar-refractivity contribution in [2.75, 3.05) is 7.11 Å². The Labute approximate surface area is 139 Å². The molecule has 0 radical (unpaired) electrons. The Morgan fingerprint density at radius 3 is 2.48 bits per heavy atom. The molecule has 0 aliphatic heterocycles. The molecule has 0 saturated carbocycles. The lowest BCUT2D eigenvalue weighted by molar-refractivity contribution is -0.136. The van der Waals surface area contributed by atoms with Gasteiger partial charge in [0, 0.05) is 5.39 Å². The first-order valence-electron chi connectivity index (χ1n) is 7.43. The van der Waals surface area contributed by atoms with Crippen molar-refractivity contribution in [2.45, 2.75) is 6.18 Å². The molecule has 3 aromatic carbocycles. The van der Waals surface area contributed by atoms with Crippen molar-refractivity contribution in [1.82, 2.24) is 0 Å². The minimum atomic E-state index is -4.61. The molecule has 0 N–H and O–H groups in total. The summed E-state index contributed by atoms with van der Waals surface area (Å²) in [5.74, 6) is 0.545. The molecule has 0 bridgehead atoms. The quantitative estimate of drug-likeness (QED) is 0.355. The molecule has 0 atom stereocenters. The van der Waals surface area contributed by atoms with Gasteiger partial charge in [0.2, 0.25) is 5.43 Å². The standard InChI is InChI=1S/C19H11F3O3/c1-24-11-7-5-10-6-8-15-16(13(10)9-11)17(23)12-3-2-4-14(18(12)25-15)19(20,21)22/h2-9H,1H3. The Hall–Kier alpha value is -3.02. The third-order valence-electron chi connectivity index (χ3n) is 4.19. The Kier molecular flexibility index (Phi) is 3.25. The van der Waals surface area contributed by atoms with Crippen LogP contribution in [0.25, 0.3) is 32.7 Å². The van der Waals surface area contributed by atoms with E-state index in [4.69, 9.17) is 9.15 Å². The maximum atomic E-state index is 13.2. The predicted molar refractivity (Wildman–Crippen MR) is 89.1 cm³/mol. The predicted octanol–water partition coefficient (Wildman–Crippen LogP) is 5.13. The van der Waals surface area contributed by atoms with Crippen LogP contribution in [-0.4, -0.2) is 7.11 Å². The van der Waals surface area contributed by atoms with Gasteiger partial charge in [-0.1, -0.05) is 18.2 Å². The molecule has 6 heteroatoms. The average molecular weight is 344 g/mol. The fourth-order valence-corrected chi connectivity index (χ4v) is 3.02. The number of para-hydroxylation sites is 1. The van der Waals surface area contributed by atoms with Gasteiger partial charge in [0.05, 0.1) is 23.4 Å². The topological polar surface area (TPSA) is 39.4 Å². The Morgan fingerprint density at radius 2 is 1.76 bits per heavy atom. The van der Waals surface area contributed by atoms with Crippen LogP contribution >= 0.6 is 0 Å². The van der Waals surface area contributed by atoms with Crippen molar-refractivity contribution in [3.63, 3.8) is 0 Å². The van der Waals surface area contributed by atoms with E-state index in [2.05, 4.69) is 0 Å². The zero-order chi connectivity index (χ0) is 17.8. The highest BCUT2D eigenvalue weighted by atomic mass is 19.4. The summed E-state index contributed by atoms with van der Waals surface area (Å²) in [5, 5.41) is 1.48. The Balaban J connectivity index is 2.22. The van der Waals surface area contributed by atoms with Crippen LogP contribution in [0, 0.1) is 0 Å². The molecule has 0 aliphatic rings. The monoisotopic (exact) mass is 344 g/mol. The summed E-state index contributed by atoms with van der Waals surface area (Å²) in [5.41, 5.74) is -1.80. The first-order valence-corrected chi connectivity index (χ1v) is 7.43. The summed E-state index contributed by atoms with van der Waals surface area (Å²) >= 11 is 0. The fraction of sp³-hybridized carbons (Fsp3) is 0.105. The summed E-state index contributed by atoms with van der Waals surface area (Å²) in [6, 6.07) is 11.9. The lowest BCUT2D eigenvalue weighted by Gasteiger charge is -2.11. The lowest BCUT2D eigenvalue weighted by atomic mass is 10.0. The second-order valence-corrected chi connectivity index (χ2v) is 5.64. The SMILES string of the molecule is COc1ccc2ccc3oc4c(C(F)(F)F)cccc4c(=O)c3c2c1. The van der Waals surface area contributed by atoms with Crippen molar-refractivity contribution >= 4 is 32.7 Å². The van der Waals surface area contributed by atoms with Gasteiger partial charge in [-0.05, 0) is 35.7 Å². The van der Waals surface area contributed by atoms with Gasteiger partial charge >= 0.3 is 6.18 Å². The summed E-state index contributed by atoms with van der Waals surface area (Å²) in [6.45, 7) is 0. The number of ether oxygens (including phenoxy) is 1. The Morgan fingerprint density at radius 1 is 1.00 bits per heavy atom. The highest BCUT2D eigenvalue weighted by molar-refractivity contribution is 6.08. The number of alkyl halides is 3. The minimum absolute atomic E-state index is 0.0994. The van der Waals surface area contributed by atoms with Gasteiger partial charge in [0.1, 0.15) is 11.3 Å². The Bertz CT molecular complexity index is 1190.